The summed E-state index contributed by atoms with van der Waals surface area (Å²) in [6.07, 6.45) is 2.31. The number of nitrogens with one attached hydrogen (secondary N) is 1. The number of hydrogen-bond donors (Lipinski definition) is 1. The van der Waals surface area contributed by atoms with Crippen molar-refractivity contribution in [3.05, 3.63) is 23.0 Å². The molecule has 0 rings (SSSR count). The second-order valence-electron chi connectivity index (χ2n) is 1.98. The third kappa shape index (κ3) is 5.73. The highest BCUT2D eigenvalue weighted by atomic mass is 32.2. The molecule has 0 unspecified atom stereocenters. The Morgan fingerprint density at radius 3 is 2.82 bits per heavy atom. The predicted octanol–water partition coefficient (Wildman–Crippen LogP) is 1.90. The average Bonchev–Trinajstić information content (AvgIpc) is 2.00. The van der Waals surface area contributed by atoms with Gasteiger partial charge >= 0.3 is 0 Å². The number of thioether (sulfide) groups is 1. The first kappa shape index (κ1) is 10.3. The first-order valence-electron chi connectivity index (χ1n) is 3.37. The van der Waals surface area contributed by atoms with E-state index in [4.69, 9.17) is 0 Å². The molecule has 0 aliphatic carbocycles. The topological polar surface area (TPSA) is 29.1 Å². The second kappa shape index (κ2) is 6.04. The van der Waals surface area contributed by atoms with Gasteiger partial charge in [-0.2, -0.15) is 0 Å². The number of carbonyl (C=O) groups is 1. The molecular formula is C8H13NOS. The molecule has 0 atom stereocenters. The number of carbonyl (C=O) groups excluding carboxylic acids is 1. The van der Waals surface area contributed by atoms with Crippen LogP contribution >= 0.6 is 11.8 Å². The summed E-state index contributed by atoms with van der Waals surface area (Å²) in [5.41, 5.74) is 0. The molecule has 0 aromatic carbocycles. The number of allylic oxidation sites excluding steroid dienone is 1. The van der Waals surface area contributed by atoms with Crippen molar-refractivity contribution in [3.63, 3.8) is 0 Å². The number of amides is 1. The molecule has 1 amide bonds. The van der Waals surface area contributed by atoms with E-state index in [9.17, 15) is 4.79 Å². The largest absolute Gasteiger partial charge is 0.359 e. The van der Waals surface area contributed by atoms with Crippen molar-refractivity contribution >= 4 is 17.7 Å². The van der Waals surface area contributed by atoms with Crippen LogP contribution in [-0.4, -0.2) is 13.0 Å². The van der Waals surface area contributed by atoms with Gasteiger partial charge in [0.2, 0.25) is 5.91 Å². The van der Waals surface area contributed by atoms with Crippen molar-refractivity contribution in [2.24, 2.45) is 0 Å². The molecule has 1 N–H and O–H groups in total. The maximum absolute atomic E-state index is 10.8. The van der Waals surface area contributed by atoms with E-state index in [1.807, 2.05) is 18.4 Å². The zero-order chi connectivity index (χ0) is 8.69. The third-order valence-corrected chi connectivity index (χ3v) is 1.89. The van der Waals surface area contributed by atoms with Crippen LogP contribution in [0.2, 0.25) is 0 Å². The van der Waals surface area contributed by atoms with Crippen LogP contribution < -0.4 is 5.32 Å². The summed E-state index contributed by atoms with van der Waals surface area (Å²) in [6.45, 7) is 5.66. The fraction of sp³-hybridized carbons (Fsp3) is 0.375. The van der Waals surface area contributed by atoms with E-state index >= 15 is 0 Å². The molecule has 3 heteroatoms. The zero-order valence-electron chi connectivity index (χ0n) is 6.89. The highest BCUT2D eigenvalue weighted by Crippen LogP contribution is 2.17. The summed E-state index contributed by atoms with van der Waals surface area (Å²) < 4.78 is 0. The summed E-state index contributed by atoms with van der Waals surface area (Å²) in [5, 5.41) is 4.44. The van der Waals surface area contributed by atoms with Crippen LogP contribution in [0.5, 0.6) is 0 Å². The fourth-order valence-corrected chi connectivity index (χ4v) is 1.02. The maximum atomic E-state index is 10.8. The summed E-state index contributed by atoms with van der Waals surface area (Å²) in [4.78, 5) is 11.6. The van der Waals surface area contributed by atoms with Crippen molar-refractivity contribution in [2.75, 3.05) is 7.05 Å². The normalized spacial score (nSPS) is 10.0. The lowest BCUT2D eigenvalue weighted by Gasteiger charge is -1.99. The van der Waals surface area contributed by atoms with Gasteiger partial charge in [0.1, 0.15) is 0 Å². The summed E-state index contributed by atoms with van der Waals surface area (Å²) in [7, 11) is 1.62. The zero-order valence-corrected chi connectivity index (χ0v) is 7.70. The molecule has 11 heavy (non-hydrogen) atoms. The molecule has 0 heterocycles. The molecule has 0 bridgehead atoms. The Kier molecular flexibility index (Phi) is 5.65. The lowest BCUT2D eigenvalue weighted by Crippen LogP contribution is -2.17. The molecule has 2 nitrogen and oxygen atoms in total. The molecule has 0 aliphatic heterocycles. The van der Waals surface area contributed by atoms with E-state index in [-0.39, 0.29) is 5.91 Å². The molecule has 0 fully saturated rings. The van der Waals surface area contributed by atoms with Gasteiger partial charge in [0, 0.05) is 7.05 Å². The van der Waals surface area contributed by atoms with Crippen LogP contribution in [0.25, 0.3) is 0 Å². The van der Waals surface area contributed by atoms with E-state index in [1.54, 1.807) is 7.05 Å². The summed E-state index contributed by atoms with van der Waals surface area (Å²) >= 11 is 1.48. The molecule has 0 aliphatic rings. The Labute approximate surface area is 71.7 Å². The molecule has 0 saturated carbocycles. The molecular weight excluding hydrogens is 158 g/mol. The van der Waals surface area contributed by atoms with E-state index in [0.717, 1.165) is 4.91 Å². The molecule has 62 valence electrons. The highest BCUT2D eigenvalue weighted by molar-refractivity contribution is 8.05. The van der Waals surface area contributed by atoms with Gasteiger partial charge in [-0.25, -0.2) is 0 Å². The smallest absolute Gasteiger partial charge is 0.224 e. The van der Waals surface area contributed by atoms with Crippen LogP contribution in [0.4, 0.5) is 0 Å². The number of rotatable bonds is 4. The molecule has 0 radical (unpaired) electrons. The van der Waals surface area contributed by atoms with Crippen molar-refractivity contribution in [1.82, 2.24) is 5.32 Å². The van der Waals surface area contributed by atoms with Gasteiger partial charge in [0.25, 0.3) is 0 Å². The minimum atomic E-state index is 0.00648. The van der Waals surface area contributed by atoms with Crippen molar-refractivity contribution in [1.29, 1.82) is 0 Å². The Hall–Kier alpha value is -0.700. The van der Waals surface area contributed by atoms with Crippen LogP contribution in [0.15, 0.2) is 23.0 Å². The monoisotopic (exact) mass is 171 g/mol. The lowest BCUT2D eigenvalue weighted by atomic mass is 10.4. The van der Waals surface area contributed by atoms with Gasteiger partial charge in [0.15, 0.2) is 0 Å². The Morgan fingerprint density at radius 2 is 2.36 bits per heavy atom. The fourth-order valence-electron chi connectivity index (χ4n) is 0.473. The quantitative estimate of drug-likeness (QED) is 0.700. The Balaban J connectivity index is 3.60. The van der Waals surface area contributed by atoms with Crippen molar-refractivity contribution in [3.8, 4) is 0 Å². The predicted molar refractivity (Wildman–Crippen MR) is 50.2 cm³/mol. The molecule has 0 saturated heterocycles. The van der Waals surface area contributed by atoms with Gasteiger partial charge in [-0.05, 0) is 17.2 Å². The van der Waals surface area contributed by atoms with Crippen LogP contribution in [0.1, 0.15) is 13.3 Å². The van der Waals surface area contributed by atoms with Crippen LogP contribution in [-0.2, 0) is 4.79 Å². The Morgan fingerprint density at radius 1 is 1.73 bits per heavy atom. The van der Waals surface area contributed by atoms with Gasteiger partial charge in [0.05, 0.1) is 6.42 Å². The van der Waals surface area contributed by atoms with E-state index < -0.39 is 0 Å². The third-order valence-electron chi connectivity index (χ3n) is 1.01. The summed E-state index contributed by atoms with van der Waals surface area (Å²) in [5.74, 6) is 0.00648. The average molecular weight is 171 g/mol. The minimum Gasteiger partial charge on any atom is -0.359 e. The Bertz CT molecular complexity index is 175. The van der Waals surface area contributed by atoms with Gasteiger partial charge < -0.3 is 5.32 Å². The van der Waals surface area contributed by atoms with Gasteiger partial charge in [-0.15, -0.1) is 11.8 Å². The standard InChI is InChI=1S/C8H13NOS/c1-4-5-11-7(2)6-8(10)9-3/h4-5H,2,6H2,1,3H3,(H,9,10)/b5-4-. The second-order valence-corrected chi connectivity index (χ2v) is 3.06. The SMILES string of the molecule is C=C(CC(=O)NC)S/C=C\C. The molecule has 0 aromatic rings. The van der Waals surface area contributed by atoms with Crippen LogP contribution in [0, 0.1) is 0 Å². The van der Waals surface area contributed by atoms with E-state index in [1.165, 1.54) is 11.8 Å². The molecule has 0 spiro atoms. The van der Waals surface area contributed by atoms with E-state index in [2.05, 4.69) is 11.9 Å². The lowest BCUT2D eigenvalue weighted by molar-refractivity contribution is -0.119. The summed E-state index contributed by atoms with van der Waals surface area (Å²) in [6, 6.07) is 0. The first-order valence-corrected chi connectivity index (χ1v) is 4.24. The highest BCUT2D eigenvalue weighted by Gasteiger charge is 1.99. The van der Waals surface area contributed by atoms with Crippen LogP contribution in [0.3, 0.4) is 0 Å². The van der Waals surface area contributed by atoms with Gasteiger partial charge in [-0.3, -0.25) is 4.79 Å². The first-order chi connectivity index (χ1) is 5.20. The van der Waals surface area contributed by atoms with Gasteiger partial charge in [-0.1, -0.05) is 12.7 Å². The molecule has 0 aromatic heterocycles. The van der Waals surface area contributed by atoms with Crippen molar-refractivity contribution < 1.29 is 4.79 Å². The van der Waals surface area contributed by atoms with Crippen molar-refractivity contribution in [2.45, 2.75) is 13.3 Å². The van der Waals surface area contributed by atoms with E-state index in [0.29, 0.717) is 6.42 Å². The maximum Gasteiger partial charge on any atom is 0.224 e. The minimum absolute atomic E-state index is 0.00648. The number of hydrogen-bond acceptors (Lipinski definition) is 2.